The number of carbonyl (C=O) groups excluding carboxylic acids is 1. The van der Waals surface area contributed by atoms with Gasteiger partial charge in [-0.3, -0.25) is 4.98 Å². The fraction of sp³-hybridized carbons (Fsp3) is 0.615. The third-order valence-corrected chi connectivity index (χ3v) is 3.98. The van der Waals surface area contributed by atoms with Gasteiger partial charge in [-0.2, -0.15) is 0 Å². The number of nitrogens with two attached hydrogens (primary N) is 1. The van der Waals surface area contributed by atoms with Crippen molar-refractivity contribution in [2.75, 3.05) is 18.0 Å². The van der Waals surface area contributed by atoms with Crippen molar-refractivity contribution in [1.82, 2.24) is 14.9 Å². The molecule has 1 aromatic heterocycles. The first-order valence-corrected chi connectivity index (χ1v) is 7.03. The summed E-state index contributed by atoms with van der Waals surface area (Å²) in [5.74, 6) is 0.795. The molecule has 0 aromatic carbocycles. The first-order valence-electron chi connectivity index (χ1n) is 7.03. The largest absolute Gasteiger partial charge is 0.351 e. The number of aromatic amines is 1. The van der Waals surface area contributed by atoms with E-state index in [1.54, 1.807) is 4.90 Å². The van der Waals surface area contributed by atoms with Gasteiger partial charge in [-0.05, 0) is 31.7 Å². The van der Waals surface area contributed by atoms with Crippen LogP contribution >= 0.6 is 0 Å². The molecule has 3 rings (SSSR count). The smallest absolute Gasteiger partial charge is 0.346 e. The number of primary amides is 1. The number of aromatic nitrogens is 2. The van der Waals surface area contributed by atoms with E-state index in [1.165, 1.54) is 6.20 Å². The van der Waals surface area contributed by atoms with E-state index >= 15 is 0 Å². The summed E-state index contributed by atoms with van der Waals surface area (Å²) in [6.07, 6.45) is 5.71. The highest BCUT2D eigenvalue weighted by Gasteiger charge is 2.37. The van der Waals surface area contributed by atoms with Crippen molar-refractivity contribution in [2.24, 2.45) is 5.73 Å². The van der Waals surface area contributed by atoms with E-state index in [0.717, 1.165) is 38.0 Å². The molecule has 0 bridgehead atoms. The van der Waals surface area contributed by atoms with Crippen LogP contribution < -0.4 is 16.3 Å². The molecule has 2 amide bonds. The lowest BCUT2D eigenvalue weighted by Gasteiger charge is -2.39. The van der Waals surface area contributed by atoms with Gasteiger partial charge in [-0.1, -0.05) is 0 Å². The number of hydrogen-bond donors (Lipinski definition) is 2. The highest BCUT2D eigenvalue weighted by atomic mass is 16.2. The Bertz CT molecular complexity index is 554. The fourth-order valence-electron chi connectivity index (χ4n) is 2.94. The van der Waals surface area contributed by atoms with Crippen molar-refractivity contribution in [3.8, 4) is 0 Å². The molecule has 0 radical (unpaired) electrons. The summed E-state index contributed by atoms with van der Waals surface area (Å²) in [7, 11) is 0. The van der Waals surface area contributed by atoms with Gasteiger partial charge in [0.05, 0.1) is 0 Å². The molecule has 3 N–H and O–H groups in total. The second-order valence-electron chi connectivity index (χ2n) is 5.48. The minimum atomic E-state index is -0.367. The first kappa shape index (κ1) is 13.0. The zero-order valence-corrected chi connectivity index (χ0v) is 11.3. The number of piperidine rings is 1. The number of hydrogen-bond acceptors (Lipinski definition) is 4. The Morgan fingerprint density at radius 2 is 2.20 bits per heavy atom. The lowest BCUT2D eigenvalue weighted by Crippen LogP contribution is -2.52. The van der Waals surface area contributed by atoms with Gasteiger partial charge >= 0.3 is 11.7 Å². The summed E-state index contributed by atoms with van der Waals surface area (Å²) in [4.78, 5) is 33.2. The maximum Gasteiger partial charge on any atom is 0.346 e. The van der Waals surface area contributed by atoms with Gasteiger partial charge in [0.1, 0.15) is 5.82 Å². The Balaban J connectivity index is 1.83. The van der Waals surface area contributed by atoms with Gasteiger partial charge in [0.2, 0.25) is 0 Å². The van der Waals surface area contributed by atoms with Crippen LogP contribution in [0.2, 0.25) is 0 Å². The zero-order valence-electron chi connectivity index (χ0n) is 11.3. The number of rotatable bonds is 3. The number of H-pyrrole nitrogens is 1. The number of nitrogens with zero attached hydrogens (tertiary/aromatic N) is 3. The van der Waals surface area contributed by atoms with Crippen molar-refractivity contribution >= 4 is 11.8 Å². The molecule has 1 saturated carbocycles. The van der Waals surface area contributed by atoms with E-state index in [9.17, 15) is 9.59 Å². The maximum absolute atomic E-state index is 11.4. The van der Waals surface area contributed by atoms with Crippen LogP contribution in [-0.2, 0) is 0 Å². The predicted octanol–water partition coefficient (Wildman–Crippen LogP) is 0.282. The SMILES string of the molecule is NC(=O)N1CCC[C@@H](N(c2ccnc(=O)[nH]2)C2CC2)C1. The quantitative estimate of drug-likeness (QED) is 0.829. The molecule has 1 aliphatic heterocycles. The van der Waals surface area contributed by atoms with Gasteiger partial charge < -0.3 is 15.5 Å². The van der Waals surface area contributed by atoms with Gasteiger partial charge in [0, 0.05) is 31.4 Å². The lowest BCUT2D eigenvalue weighted by molar-refractivity contribution is 0.187. The van der Waals surface area contributed by atoms with Crippen LogP contribution in [0.5, 0.6) is 0 Å². The molecule has 7 nitrogen and oxygen atoms in total. The molecule has 20 heavy (non-hydrogen) atoms. The van der Waals surface area contributed by atoms with Crippen LogP contribution in [-0.4, -0.2) is 46.1 Å². The summed E-state index contributed by atoms with van der Waals surface area (Å²) in [6.45, 7) is 1.34. The summed E-state index contributed by atoms with van der Waals surface area (Å²) in [5.41, 5.74) is 5.05. The summed E-state index contributed by atoms with van der Waals surface area (Å²) < 4.78 is 0. The van der Waals surface area contributed by atoms with Gasteiger partial charge in [0.15, 0.2) is 0 Å². The second-order valence-corrected chi connectivity index (χ2v) is 5.48. The third kappa shape index (κ3) is 2.61. The van der Waals surface area contributed by atoms with Crippen LogP contribution in [0.15, 0.2) is 17.1 Å². The molecule has 1 saturated heterocycles. The van der Waals surface area contributed by atoms with E-state index in [2.05, 4.69) is 14.9 Å². The Kier molecular flexibility index (Phi) is 3.33. The van der Waals surface area contributed by atoms with E-state index in [4.69, 9.17) is 5.73 Å². The van der Waals surface area contributed by atoms with Gasteiger partial charge in [0.25, 0.3) is 0 Å². The Morgan fingerprint density at radius 3 is 2.85 bits per heavy atom. The van der Waals surface area contributed by atoms with Crippen LogP contribution in [0.1, 0.15) is 25.7 Å². The van der Waals surface area contributed by atoms with Crippen molar-refractivity contribution in [3.05, 3.63) is 22.7 Å². The average molecular weight is 277 g/mol. The lowest BCUT2D eigenvalue weighted by atomic mass is 10.0. The molecule has 2 heterocycles. The normalized spacial score (nSPS) is 22.6. The number of likely N-dealkylation sites (tertiary alicyclic amines) is 1. The van der Waals surface area contributed by atoms with Crippen LogP contribution in [0.4, 0.5) is 10.6 Å². The van der Waals surface area contributed by atoms with Crippen LogP contribution in [0, 0.1) is 0 Å². The van der Waals surface area contributed by atoms with Crippen molar-refractivity contribution in [3.63, 3.8) is 0 Å². The maximum atomic E-state index is 11.4. The molecule has 1 aromatic rings. The van der Waals surface area contributed by atoms with Gasteiger partial charge in [-0.15, -0.1) is 0 Å². The number of carbonyl (C=O) groups is 1. The average Bonchev–Trinajstić information content (AvgIpc) is 3.24. The molecule has 108 valence electrons. The van der Waals surface area contributed by atoms with E-state index in [1.807, 2.05) is 6.07 Å². The highest BCUT2D eigenvalue weighted by molar-refractivity contribution is 5.72. The second kappa shape index (κ2) is 5.15. The fourth-order valence-corrected chi connectivity index (χ4v) is 2.94. The molecular weight excluding hydrogens is 258 g/mol. The number of anilines is 1. The van der Waals surface area contributed by atoms with E-state index in [0.29, 0.717) is 12.6 Å². The number of urea groups is 1. The molecule has 2 aliphatic rings. The summed E-state index contributed by atoms with van der Waals surface area (Å²) >= 11 is 0. The first-order chi connectivity index (χ1) is 9.65. The zero-order chi connectivity index (χ0) is 14.1. The van der Waals surface area contributed by atoms with E-state index in [-0.39, 0.29) is 17.8 Å². The molecule has 1 atom stereocenters. The standard InChI is InChI=1S/C13H19N5O2/c14-12(19)17-7-1-2-10(8-17)18(9-3-4-9)11-5-6-15-13(20)16-11/h5-6,9-10H,1-4,7-8H2,(H2,14,19)(H,15,16,20)/t10-/m1/s1. The minimum Gasteiger partial charge on any atom is -0.351 e. The monoisotopic (exact) mass is 277 g/mol. The minimum absolute atomic E-state index is 0.210. The molecule has 0 spiro atoms. The predicted molar refractivity (Wildman–Crippen MR) is 74.5 cm³/mol. The summed E-state index contributed by atoms with van der Waals surface area (Å²) in [5, 5.41) is 0. The Hall–Kier alpha value is -2.05. The molecule has 1 aliphatic carbocycles. The van der Waals surface area contributed by atoms with E-state index < -0.39 is 0 Å². The van der Waals surface area contributed by atoms with Gasteiger partial charge in [-0.25, -0.2) is 14.6 Å². The number of nitrogens with one attached hydrogen (secondary N) is 1. The van der Waals surface area contributed by atoms with Crippen LogP contribution in [0.3, 0.4) is 0 Å². The Labute approximate surface area is 116 Å². The Morgan fingerprint density at radius 1 is 1.40 bits per heavy atom. The third-order valence-electron chi connectivity index (χ3n) is 3.98. The molecule has 0 unspecified atom stereocenters. The van der Waals surface area contributed by atoms with Crippen molar-refractivity contribution < 1.29 is 4.79 Å². The summed E-state index contributed by atoms with van der Waals surface area (Å²) in [6, 6.07) is 2.12. The molecular formula is C13H19N5O2. The molecule has 2 fully saturated rings. The molecule has 7 heteroatoms. The van der Waals surface area contributed by atoms with Crippen LogP contribution in [0.25, 0.3) is 0 Å². The number of amides is 2. The topological polar surface area (TPSA) is 95.3 Å². The highest BCUT2D eigenvalue weighted by Crippen LogP contribution is 2.34. The van der Waals surface area contributed by atoms with Crippen molar-refractivity contribution in [2.45, 2.75) is 37.8 Å². The van der Waals surface area contributed by atoms with Crippen molar-refractivity contribution in [1.29, 1.82) is 0 Å².